The molecule has 0 aliphatic rings. The van der Waals surface area contributed by atoms with Gasteiger partial charge >= 0.3 is 0 Å². The molecule has 0 aliphatic carbocycles. The Bertz CT molecular complexity index is 54.5. The third kappa shape index (κ3) is 2.99. The van der Waals surface area contributed by atoms with Crippen LogP contribution in [0.4, 0.5) is 0 Å². The van der Waals surface area contributed by atoms with Crippen LogP contribution in [0.15, 0.2) is 0 Å². The summed E-state index contributed by atoms with van der Waals surface area (Å²) in [6, 6.07) is 0. The first kappa shape index (κ1) is 7.92. The van der Waals surface area contributed by atoms with Crippen LogP contribution in [0.3, 0.4) is 0 Å². The molecule has 0 saturated heterocycles. The van der Waals surface area contributed by atoms with E-state index in [1.54, 1.807) is 0 Å². The largest absolute Gasteiger partial charge is 0.285 e. The van der Waals surface area contributed by atoms with Crippen molar-refractivity contribution in [2.45, 2.75) is 20.8 Å². The highest BCUT2D eigenvalue weighted by Crippen LogP contribution is 2.08. The molecule has 0 bridgehead atoms. The Labute approximate surface area is 51.0 Å². The van der Waals surface area contributed by atoms with E-state index in [4.69, 9.17) is 5.90 Å². The molecule has 0 amide bonds. The average molecular weight is 116 g/mol. The van der Waals surface area contributed by atoms with E-state index in [9.17, 15) is 0 Å². The van der Waals surface area contributed by atoms with E-state index in [2.05, 4.69) is 25.6 Å². The van der Waals surface area contributed by atoms with E-state index >= 15 is 0 Å². The number of hydrogen-bond donors (Lipinski definition) is 0. The van der Waals surface area contributed by atoms with Crippen molar-refractivity contribution in [1.29, 1.82) is 0 Å². The van der Waals surface area contributed by atoms with E-state index in [0.717, 1.165) is 0 Å². The van der Waals surface area contributed by atoms with Crippen molar-refractivity contribution >= 4 is 0 Å². The summed E-state index contributed by atoms with van der Waals surface area (Å²) in [6.45, 7) is 6.89. The maximum absolute atomic E-state index is 6.43. The van der Waals surface area contributed by atoms with E-state index < -0.39 is 0 Å². The highest BCUT2D eigenvalue weighted by Gasteiger charge is 2.04. The highest BCUT2D eigenvalue weighted by molar-refractivity contribution is 4.53. The standard InChI is InChI=1S/C6H14NO/c1-5(2)6(3)4-8-7/h5-7H,4H2,1-3H3. The van der Waals surface area contributed by atoms with Gasteiger partial charge in [-0.3, -0.25) is 4.84 Å². The lowest BCUT2D eigenvalue weighted by atomic mass is 10.00. The minimum atomic E-state index is 0.507. The van der Waals surface area contributed by atoms with Gasteiger partial charge in [-0.2, -0.15) is 0 Å². The van der Waals surface area contributed by atoms with Crippen molar-refractivity contribution in [2.75, 3.05) is 6.61 Å². The molecule has 0 aromatic carbocycles. The third-order valence-electron chi connectivity index (χ3n) is 1.48. The van der Waals surface area contributed by atoms with Gasteiger partial charge in [0.05, 0.1) is 6.61 Å². The molecule has 0 fully saturated rings. The van der Waals surface area contributed by atoms with Crippen LogP contribution >= 0.6 is 0 Å². The summed E-state index contributed by atoms with van der Waals surface area (Å²) < 4.78 is 0. The first-order valence-electron chi connectivity index (χ1n) is 2.97. The van der Waals surface area contributed by atoms with Gasteiger partial charge in [-0.05, 0) is 11.8 Å². The Kier molecular flexibility index (Phi) is 3.83. The van der Waals surface area contributed by atoms with E-state index in [1.807, 2.05) is 0 Å². The predicted octanol–water partition coefficient (Wildman–Crippen LogP) is 1.49. The van der Waals surface area contributed by atoms with Crippen LogP contribution < -0.4 is 5.90 Å². The maximum atomic E-state index is 6.43. The van der Waals surface area contributed by atoms with Gasteiger partial charge in [0.1, 0.15) is 0 Å². The first-order valence-corrected chi connectivity index (χ1v) is 2.97. The van der Waals surface area contributed by atoms with Gasteiger partial charge in [-0.25, -0.2) is 0 Å². The van der Waals surface area contributed by atoms with Crippen LogP contribution in [-0.2, 0) is 4.84 Å². The molecule has 1 unspecified atom stereocenters. The Morgan fingerprint density at radius 1 is 1.38 bits per heavy atom. The SMILES string of the molecule is CC(C)C(C)CO[NH]. The Morgan fingerprint density at radius 2 is 1.88 bits per heavy atom. The highest BCUT2D eigenvalue weighted by atomic mass is 16.6. The van der Waals surface area contributed by atoms with Gasteiger partial charge in [0.15, 0.2) is 0 Å². The molecular weight excluding hydrogens is 102 g/mol. The minimum absolute atomic E-state index is 0.507. The molecule has 1 radical (unpaired) electrons. The molecule has 0 saturated carbocycles. The number of nitrogens with one attached hydrogen (secondary N) is 1. The maximum Gasteiger partial charge on any atom is 0.0727 e. The molecular formula is C6H14NO. The fourth-order valence-electron chi connectivity index (χ4n) is 0.324. The van der Waals surface area contributed by atoms with Crippen LogP contribution in [0.25, 0.3) is 0 Å². The smallest absolute Gasteiger partial charge is 0.0727 e. The monoisotopic (exact) mass is 116 g/mol. The van der Waals surface area contributed by atoms with E-state index in [-0.39, 0.29) is 0 Å². The van der Waals surface area contributed by atoms with Crippen molar-refractivity contribution in [3.63, 3.8) is 0 Å². The summed E-state index contributed by atoms with van der Waals surface area (Å²) >= 11 is 0. The lowest BCUT2D eigenvalue weighted by Gasteiger charge is -2.11. The average Bonchev–Trinajstić information content (AvgIpc) is 1.67. The van der Waals surface area contributed by atoms with Gasteiger partial charge in [0.25, 0.3) is 0 Å². The second-order valence-electron chi connectivity index (χ2n) is 2.53. The lowest BCUT2D eigenvalue weighted by Crippen LogP contribution is -2.10. The van der Waals surface area contributed by atoms with Crippen molar-refractivity contribution in [2.24, 2.45) is 11.8 Å². The van der Waals surface area contributed by atoms with Gasteiger partial charge < -0.3 is 0 Å². The predicted molar refractivity (Wildman–Crippen MR) is 33.1 cm³/mol. The number of rotatable bonds is 3. The molecule has 2 nitrogen and oxygen atoms in total. The topological polar surface area (TPSA) is 33.0 Å². The zero-order chi connectivity index (χ0) is 6.57. The molecule has 49 valence electrons. The number of hydrogen-bond acceptors (Lipinski definition) is 1. The quantitative estimate of drug-likeness (QED) is 0.514. The third-order valence-corrected chi connectivity index (χ3v) is 1.48. The molecule has 0 aromatic heterocycles. The lowest BCUT2D eigenvalue weighted by molar-refractivity contribution is 0.0754. The molecule has 0 spiro atoms. The zero-order valence-electron chi connectivity index (χ0n) is 5.77. The van der Waals surface area contributed by atoms with Gasteiger partial charge in [0, 0.05) is 0 Å². The summed E-state index contributed by atoms with van der Waals surface area (Å²) in [4.78, 5) is 4.21. The van der Waals surface area contributed by atoms with Gasteiger partial charge in [-0.1, -0.05) is 20.8 Å². The zero-order valence-corrected chi connectivity index (χ0v) is 5.77. The van der Waals surface area contributed by atoms with Gasteiger partial charge in [-0.15, -0.1) is 5.90 Å². The second kappa shape index (κ2) is 3.87. The van der Waals surface area contributed by atoms with Crippen molar-refractivity contribution in [3.8, 4) is 0 Å². The van der Waals surface area contributed by atoms with Crippen molar-refractivity contribution in [1.82, 2.24) is 5.90 Å². The summed E-state index contributed by atoms with van der Waals surface area (Å²) in [7, 11) is 0. The molecule has 1 N–H and O–H groups in total. The van der Waals surface area contributed by atoms with Gasteiger partial charge in [0.2, 0.25) is 0 Å². The normalized spacial score (nSPS) is 14.6. The molecule has 1 atom stereocenters. The van der Waals surface area contributed by atoms with Crippen LogP contribution in [0, 0.1) is 11.8 Å². The Hall–Kier alpha value is -0.0800. The second-order valence-corrected chi connectivity index (χ2v) is 2.53. The summed E-state index contributed by atoms with van der Waals surface area (Å²) in [5.74, 6) is 7.56. The summed E-state index contributed by atoms with van der Waals surface area (Å²) in [5.41, 5.74) is 0. The fourth-order valence-corrected chi connectivity index (χ4v) is 0.324. The molecule has 8 heavy (non-hydrogen) atoms. The Balaban J connectivity index is 3.17. The summed E-state index contributed by atoms with van der Waals surface area (Å²) in [5, 5.41) is 0. The van der Waals surface area contributed by atoms with Crippen LogP contribution in [-0.4, -0.2) is 6.61 Å². The van der Waals surface area contributed by atoms with Crippen molar-refractivity contribution in [3.05, 3.63) is 0 Å². The summed E-state index contributed by atoms with van der Waals surface area (Å²) in [6.07, 6.45) is 0. The van der Waals surface area contributed by atoms with E-state index in [1.165, 1.54) is 0 Å². The first-order chi connectivity index (χ1) is 3.68. The molecule has 0 aliphatic heterocycles. The van der Waals surface area contributed by atoms with Crippen molar-refractivity contribution < 1.29 is 4.84 Å². The van der Waals surface area contributed by atoms with Crippen LogP contribution in [0.2, 0.25) is 0 Å². The molecule has 0 rings (SSSR count). The minimum Gasteiger partial charge on any atom is -0.285 e. The molecule has 0 aromatic rings. The molecule has 0 heterocycles. The Morgan fingerprint density at radius 3 is 2.00 bits per heavy atom. The fraction of sp³-hybridized carbons (Fsp3) is 1.00. The van der Waals surface area contributed by atoms with E-state index in [0.29, 0.717) is 18.4 Å². The van der Waals surface area contributed by atoms with Crippen LogP contribution in [0.5, 0.6) is 0 Å². The van der Waals surface area contributed by atoms with Crippen LogP contribution in [0.1, 0.15) is 20.8 Å². The molecule has 2 heteroatoms.